The molecule has 0 fully saturated rings. The standard InChI is InChI=1S/C15H20N4O3S2/c1-4-12-17-18-15(23-12)16-14(20)13(10(2)3)19-24(21,22)11-8-6-5-7-9-11/h5-10,13,19H,4H2,1-3H3,(H,16,18,20)/t13-/m1/s1. The Morgan fingerprint density at radius 1 is 1.21 bits per heavy atom. The molecule has 0 bridgehead atoms. The number of benzene rings is 1. The maximum Gasteiger partial charge on any atom is 0.244 e. The zero-order chi connectivity index (χ0) is 17.7. The van der Waals surface area contributed by atoms with E-state index in [4.69, 9.17) is 0 Å². The minimum atomic E-state index is -3.78. The lowest BCUT2D eigenvalue weighted by Gasteiger charge is -2.20. The molecule has 1 amide bonds. The molecular weight excluding hydrogens is 348 g/mol. The summed E-state index contributed by atoms with van der Waals surface area (Å²) >= 11 is 1.27. The molecule has 1 atom stereocenters. The van der Waals surface area contributed by atoms with E-state index in [1.165, 1.54) is 23.5 Å². The van der Waals surface area contributed by atoms with E-state index in [1.54, 1.807) is 32.0 Å². The van der Waals surface area contributed by atoms with Crippen molar-refractivity contribution in [1.29, 1.82) is 0 Å². The number of nitrogens with one attached hydrogen (secondary N) is 2. The van der Waals surface area contributed by atoms with Crippen molar-refractivity contribution in [1.82, 2.24) is 14.9 Å². The number of anilines is 1. The normalized spacial score (nSPS) is 13.0. The lowest BCUT2D eigenvalue weighted by atomic mass is 10.1. The quantitative estimate of drug-likeness (QED) is 0.779. The van der Waals surface area contributed by atoms with Gasteiger partial charge in [0.1, 0.15) is 11.0 Å². The van der Waals surface area contributed by atoms with Gasteiger partial charge in [-0.1, -0.05) is 50.3 Å². The zero-order valence-corrected chi connectivity index (χ0v) is 15.3. The largest absolute Gasteiger partial charge is 0.299 e. The number of nitrogens with zero attached hydrogens (tertiary/aromatic N) is 2. The van der Waals surface area contributed by atoms with Crippen LogP contribution in [0.4, 0.5) is 5.13 Å². The number of amides is 1. The molecule has 2 N–H and O–H groups in total. The number of rotatable bonds is 7. The Kier molecular flexibility index (Phi) is 6.03. The van der Waals surface area contributed by atoms with Crippen molar-refractivity contribution in [2.75, 3.05) is 5.32 Å². The van der Waals surface area contributed by atoms with Gasteiger partial charge in [-0.15, -0.1) is 10.2 Å². The molecule has 0 aliphatic rings. The highest BCUT2D eigenvalue weighted by Crippen LogP contribution is 2.17. The second-order valence-electron chi connectivity index (χ2n) is 5.50. The fourth-order valence-electron chi connectivity index (χ4n) is 1.96. The molecule has 130 valence electrons. The van der Waals surface area contributed by atoms with Gasteiger partial charge in [-0.05, 0) is 24.5 Å². The van der Waals surface area contributed by atoms with Crippen LogP contribution in [0.2, 0.25) is 0 Å². The Balaban J connectivity index is 2.15. The van der Waals surface area contributed by atoms with Gasteiger partial charge in [0.25, 0.3) is 0 Å². The van der Waals surface area contributed by atoms with E-state index in [-0.39, 0.29) is 10.8 Å². The number of hydrogen-bond donors (Lipinski definition) is 2. The number of carbonyl (C=O) groups is 1. The van der Waals surface area contributed by atoms with Crippen molar-refractivity contribution in [2.24, 2.45) is 5.92 Å². The predicted molar refractivity (Wildman–Crippen MR) is 93.3 cm³/mol. The van der Waals surface area contributed by atoms with E-state index in [1.807, 2.05) is 6.92 Å². The van der Waals surface area contributed by atoms with Crippen LogP contribution in [0.15, 0.2) is 35.2 Å². The maximum absolute atomic E-state index is 12.5. The average molecular weight is 368 g/mol. The van der Waals surface area contributed by atoms with Crippen LogP contribution in [0.1, 0.15) is 25.8 Å². The molecule has 1 aromatic carbocycles. The summed E-state index contributed by atoms with van der Waals surface area (Å²) in [5.41, 5.74) is 0. The summed E-state index contributed by atoms with van der Waals surface area (Å²) in [5.74, 6) is -0.689. The van der Waals surface area contributed by atoms with Gasteiger partial charge in [-0.2, -0.15) is 4.72 Å². The topological polar surface area (TPSA) is 101 Å². The fourth-order valence-corrected chi connectivity index (χ4v) is 4.00. The summed E-state index contributed by atoms with van der Waals surface area (Å²) in [6.45, 7) is 5.49. The molecule has 7 nitrogen and oxygen atoms in total. The van der Waals surface area contributed by atoms with Crippen molar-refractivity contribution in [2.45, 2.75) is 38.1 Å². The van der Waals surface area contributed by atoms with Crippen LogP contribution in [0, 0.1) is 5.92 Å². The van der Waals surface area contributed by atoms with Crippen molar-refractivity contribution in [3.05, 3.63) is 35.3 Å². The summed E-state index contributed by atoms with van der Waals surface area (Å²) in [5, 5.41) is 11.6. The molecule has 1 aromatic heterocycles. The third kappa shape index (κ3) is 4.59. The van der Waals surface area contributed by atoms with Crippen LogP contribution in [0.3, 0.4) is 0 Å². The first kappa shape index (κ1) is 18.5. The number of aromatic nitrogens is 2. The molecule has 0 aliphatic carbocycles. The minimum absolute atomic E-state index is 0.118. The van der Waals surface area contributed by atoms with E-state index >= 15 is 0 Å². The molecule has 1 heterocycles. The number of sulfonamides is 1. The maximum atomic E-state index is 12.5. The van der Waals surface area contributed by atoms with E-state index in [2.05, 4.69) is 20.2 Å². The van der Waals surface area contributed by atoms with Crippen LogP contribution in [0.5, 0.6) is 0 Å². The summed E-state index contributed by atoms with van der Waals surface area (Å²) in [6, 6.07) is 7.04. The Hall–Kier alpha value is -1.84. The Bertz CT molecular complexity index is 788. The molecule has 2 rings (SSSR count). The summed E-state index contributed by atoms with van der Waals surface area (Å²) in [4.78, 5) is 12.6. The third-order valence-corrected chi connectivity index (χ3v) is 5.72. The van der Waals surface area contributed by atoms with E-state index < -0.39 is 22.0 Å². The molecule has 0 aliphatic heterocycles. The van der Waals surface area contributed by atoms with Crippen LogP contribution in [-0.4, -0.2) is 30.6 Å². The highest BCUT2D eigenvalue weighted by Gasteiger charge is 2.29. The lowest BCUT2D eigenvalue weighted by Crippen LogP contribution is -2.47. The highest BCUT2D eigenvalue weighted by molar-refractivity contribution is 7.89. The molecule has 0 saturated carbocycles. The SMILES string of the molecule is CCc1nnc(NC(=O)[C@H](NS(=O)(=O)c2ccccc2)C(C)C)s1. The van der Waals surface area contributed by atoms with Crippen molar-refractivity contribution >= 4 is 32.4 Å². The molecule has 0 saturated heterocycles. The molecule has 24 heavy (non-hydrogen) atoms. The predicted octanol–water partition coefficient (Wildman–Crippen LogP) is 2.04. The molecule has 0 spiro atoms. The first-order chi connectivity index (χ1) is 11.3. The van der Waals surface area contributed by atoms with Gasteiger partial charge in [0.2, 0.25) is 21.1 Å². The molecule has 0 unspecified atom stereocenters. The smallest absolute Gasteiger partial charge is 0.244 e. The van der Waals surface area contributed by atoms with E-state index in [0.717, 1.165) is 11.4 Å². The average Bonchev–Trinajstić information content (AvgIpc) is 3.00. The first-order valence-corrected chi connectivity index (χ1v) is 9.84. The van der Waals surface area contributed by atoms with Gasteiger partial charge in [-0.3, -0.25) is 10.1 Å². The number of aryl methyl sites for hydroxylation is 1. The summed E-state index contributed by atoms with van der Waals surface area (Å²) < 4.78 is 27.3. The second kappa shape index (κ2) is 7.82. The van der Waals surface area contributed by atoms with E-state index in [9.17, 15) is 13.2 Å². The summed E-state index contributed by atoms with van der Waals surface area (Å²) in [6.07, 6.45) is 0.724. The second-order valence-corrected chi connectivity index (χ2v) is 8.28. The van der Waals surface area contributed by atoms with Crippen LogP contribution in [-0.2, 0) is 21.2 Å². The van der Waals surface area contributed by atoms with Gasteiger partial charge in [0.15, 0.2) is 0 Å². The molecule has 0 radical (unpaired) electrons. The van der Waals surface area contributed by atoms with Crippen LogP contribution >= 0.6 is 11.3 Å². The van der Waals surface area contributed by atoms with Gasteiger partial charge in [0.05, 0.1) is 4.90 Å². The monoisotopic (exact) mass is 368 g/mol. The van der Waals surface area contributed by atoms with E-state index in [0.29, 0.717) is 5.13 Å². The lowest BCUT2D eigenvalue weighted by molar-refractivity contribution is -0.118. The third-order valence-electron chi connectivity index (χ3n) is 3.28. The number of carbonyl (C=O) groups excluding carboxylic acids is 1. The Labute approximate surface area is 145 Å². The zero-order valence-electron chi connectivity index (χ0n) is 13.7. The van der Waals surface area contributed by atoms with Gasteiger partial charge in [0, 0.05) is 0 Å². The molecule has 2 aromatic rings. The van der Waals surface area contributed by atoms with Gasteiger partial charge < -0.3 is 0 Å². The molecule has 9 heteroatoms. The van der Waals surface area contributed by atoms with Crippen molar-refractivity contribution < 1.29 is 13.2 Å². The Morgan fingerprint density at radius 2 is 1.88 bits per heavy atom. The minimum Gasteiger partial charge on any atom is -0.299 e. The van der Waals surface area contributed by atoms with Crippen molar-refractivity contribution in [3.63, 3.8) is 0 Å². The summed E-state index contributed by atoms with van der Waals surface area (Å²) in [7, 11) is -3.78. The van der Waals surface area contributed by atoms with Crippen LogP contribution in [0.25, 0.3) is 0 Å². The fraction of sp³-hybridized carbons (Fsp3) is 0.400. The van der Waals surface area contributed by atoms with Crippen molar-refractivity contribution in [3.8, 4) is 0 Å². The van der Waals surface area contributed by atoms with Crippen LogP contribution < -0.4 is 10.0 Å². The Morgan fingerprint density at radius 3 is 2.42 bits per heavy atom. The molecular formula is C15H20N4O3S2. The number of hydrogen-bond acceptors (Lipinski definition) is 6. The van der Waals surface area contributed by atoms with Gasteiger partial charge in [-0.25, -0.2) is 8.42 Å². The van der Waals surface area contributed by atoms with Gasteiger partial charge >= 0.3 is 0 Å². The first-order valence-electron chi connectivity index (χ1n) is 7.54. The highest BCUT2D eigenvalue weighted by atomic mass is 32.2.